The van der Waals surface area contributed by atoms with Crippen LogP contribution in [0, 0.1) is 0 Å². The number of likely N-dealkylation sites (tertiary alicyclic amines) is 1. The van der Waals surface area contributed by atoms with Crippen molar-refractivity contribution in [2.24, 2.45) is 0 Å². The number of fused-ring (bicyclic) bond motifs is 1. The van der Waals surface area contributed by atoms with Gasteiger partial charge in [0.15, 0.2) is 11.5 Å². The summed E-state index contributed by atoms with van der Waals surface area (Å²) in [4.78, 5) is 14.5. The van der Waals surface area contributed by atoms with Crippen LogP contribution in [-0.2, 0) is 0 Å². The van der Waals surface area contributed by atoms with E-state index in [-0.39, 0.29) is 12.7 Å². The average molecular weight is 290 g/mol. The lowest BCUT2D eigenvalue weighted by Gasteiger charge is -2.14. The predicted octanol–water partition coefficient (Wildman–Crippen LogP) is 2.02. The Balaban J connectivity index is 1.38. The Morgan fingerprint density at radius 3 is 2.81 bits per heavy atom. The standard InChI is InChI=1S/C16H22N2O3/c19-16(13-5-6-14-15(11-13)21-12-20-14)17-7-1-2-8-18-9-3-4-10-18/h5-6,11H,1-4,7-10,12H2,(H,17,19). The zero-order valence-corrected chi connectivity index (χ0v) is 12.3. The molecule has 1 fully saturated rings. The molecule has 21 heavy (non-hydrogen) atoms. The van der Waals surface area contributed by atoms with Gasteiger partial charge in [-0.1, -0.05) is 0 Å². The zero-order chi connectivity index (χ0) is 14.5. The van der Waals surface area contributed by atoms with E-state index < -0.39 is 0 Å². The molecule has 3 rings (SSSR count). The van der Waals surface area contributed by atoms with Crippen LogP contribution < -0.4 is 14.8 Å². The summed E-state index contributed by atoms with van der Waals surface area (Å²) in [6, 6.07) is 5.29. The van der Waals surface area contributed by atoms with E-state index in [0.717, 1.165) is 25.9 Å². The molecule has 1 aromatic carbocycles. The maximum absolute atomic E-state index is 12.0. The van der Waals surface area contributed by atoms with E-state index in [1.54, 1.807) is 18.2 Å². The molecule has 1 saturated heterocycles. The molecule has 5 nitrogen and oxygen atoms in total. The largest absolute Gasteiger partial charge is 0.454 e. The molecule has 2 aliphatic rings. The van der Waals surface area contributed by atoms with E-state index in [9.17, 15) is 4.79 Å². The molecule has 0 atom stereocenters. The van der Waals surface area contributed by atoms with Crippen LogP contribution in [0.4, 0.5) is 0 Å². The van der Waals surface area contributed by atoms with Crippen LogP contribution in [0.5, 0.6) is 11.5 Å². The predicted molar refractivity (Wildman–Crippen MR) is 79.8 cm³/mol. The molecular formula is C16H22N2O3. The number of carbonyl (C=O) groups is 1. The number of hydrogen-bond donors (Lipinski definition) is 1. The van der Waals surface area contributed by atoms with Gasteiger partial charge in [-0.05, 0) is 63.5 Å². The Hall–Kier alpha value is -1.75. The minimum absolute atomic E-state index is 0.0468. The molecule has 1 N–H and O–H groups in total. The number of benzene rings is 1. The Kier molecular flexibility index (Phi) is 4.60. The fourth-order valence-corrected chi connectivity index (χ4v) is 2.81. The summed E-state index contributed by atoms with van der Waals surface area (Å²) in [6.45, 7) is 4.59. The Labute approximate surface area is 125 Å². The number of hydrogen-bond acceptors (Lipinski definition) is 4. The van der Waals surface area contributed by atoms with Crippen LogP contribution in [0.1, 0.15) is 36.0 Å². The molecule has 0 aromatic heterocycles. The maximum Gasteiger partial charge on any atom is 0.251 e. The van der Waals surface area contributed by atoms with Crippen LogP contribution in [0.2, 0.25) is 0 Å². The topological polar surface area (TPSA) is 50.8 Å². The normalized spacial score (nSPS) is 17.1. The average Bonchev–Trinajstić information content (AvgIpc) is 3.17. The van der Waals surface area contributed by atoms with Gasteiger partial charge in [-0.2, -0.15) is 0 Å². The summed E-state index contributed by atoms with van der Waals surface area (Å²) < 4.78 is 10.5. The van der Waals surface area contributed by atoms with Crippen molar-refractivity contribution in [2.45, 2.75) is 25.7 Å². The second kappa shape index (κ2) is 6.80. The summed E-state index contributed by atoms with van der Waals surface area (Å²) in [5, 5.41) is 2.96. The third kappa shape index (κ3) is 3.67. The number of ether oxygens (including phenoxy) is 2. The molecule has 0 spiro atoms. The molecule has 5 heteroatoms. The lowest BCUT2D eigenvalue weighted by atomic mass is 10.2. The van der Waals surface area contributed by atoms with Crippen molar-refractivity contribution < 1.29 is 14.3 Å². The van der Waals surface area contributed by atoms with Crippen molar-refractivity contribution in [3.63, 3.8) is 0 Å². The minimum Gasteiger partial charge on any atom is -0.454 e. The van der Waals surface area contributed by atoms with Crippen LogP contribution in [-0.4, -0.2) is 43.8 Å². The molecule has 0 aliphatic carbocycles. The molecular weight excluding hydrogens is 268 g/mol. The first-order valence-electron chi connectivity index (χ1n) is 7.73. The highest BCUT2D eigenvalue weighted by atomic mass is 16.7. The van der Waals surface area contributed by atoms with Gasteiger partial charge in [-0.15, -0.1) is 0 Å². The summed E-state index contributed by atoms with van der Waals surface area (Å²) in [7, 11) is 0. The molecule has 0 unspecified atom stereocenters. The van der Waals surface area contributed by atoms with Crippen molar-refractivity contribution in [1.29, 1.82) is 0 Å². The first kappa shape index (κ1) is 14.2. The first-order valence-corrected chi connectivity index (χ1v) is 7.73. The van der Waals surface area contributed by atoms with Gasteiger partial charge in [0.1, 0.15) is 0 Å². The van der Waals surface area contributed by atoms with E-state index in [1.807, 2.05) is 0 Å². The van der Waals surface area contributed by atoms with E-state index in [2.05, 4.69) is 10.2 Å². The fourth-order valence-electron chi connectivity index (χ4n) is 2.81. The number of amides is 1. The molecule has 0 bridgehead atoms. The van der Waals surface area contributed by atoms with Crippen molar-refractivity contribution in [3.05, 3.63) is 23.8 Å². The van der Waals surface area contributed by atoms with Crippen molar-refractivity contribution in [1.82, 2.24) is 10.2 Å². The lowest BCUT2D eigenvalue weighted by Crippen LogP contribution is -2.26. The number of unbranched alkanes of at least 4 members (excludes halogenated alkanes) is 1. The third-order valence-corrected chi connectivity index (χ3v) is 4.02. The van der Waals surface area contributed by atoms with Gasteiger partial charge in [0.2, 0.25) is 6.79 Å². The van der Waals surface area contributed by atoms with E-state index in [0.29, 0.717) is 17.1 Å². The number of nitrogens with zero attached hydrogens (tertiary/aromatic N) is 1. The zero-order valence-electron chi connectivity index (χ0n) is 12.3. The summed E-state index contributed by atoms with van der Waals surface area (Å²) >= 11 is 0. The van der Waals surface area contributed by atoms with Gasteiger partial charge < -0.3 is 19.7 Å². The van der Waals surface area contributed by atoms with Gasteiger partial charge in [0, 0.05) is 12.1 Å². The molecule has 2 heterocycles. The van der Waals surface area contributed by atoms with Gasteiger partial charge in [0.25, 0.3) is 5.91 Å². The van der Waals surface area contributed by atoms with Gasteiger partial charge in [0.05, 0.1) is 0 Å². The van der Waals surface area contributed by atoms with Crippen LogP contribution >= 0.6 is 0 Å². The number of nitrogens with one attached hydrogen (secondary N) is 1. The van der Waals surface area contributed by atoms with Gasteiger partial charge in [-0.25, -0.2) is 0 Å². The fraction of sp³-hybridized carbons (Fsp3) is 0.562. The Bertz CT molecular complexity index is 498. The molecule has 1 aromatic rings. The Morgan fingerprint density at radius 2 is 1.95 bits per heavy atom. The molecule has 0 saturated carbocycles. The number of carbonyl (C=O) groups excluding carboxylic acids is 1. The van der Waals surface area contributed by atoms with Gasteiger partial charge >= 0.3 is 0 Å². The SMILES string of the molecule is O=C(NCCCCN1CCCC1)c1ccc2c(c1)OCO2. The van der Waals surface area contributed by atoms with Crippen molar-refractivity contribution in [3.8, 4) is 11.5 Å². The summed E-state index contributed by atoms with van der Waals surface area (Å²) in [6.07, 6.45) is 4.83. The number of rotatable bonds is 6. The molecule has 1 amide bonds. The van der Waals surface area contributed by atoms with E-state index >= 15 is 0 Å². The quantitative estimate of drug-likeness (QED) is 0.814. The van der Waals surface area contributed by atoms with Crippen molar-refractivity contribution >= 4 is 5.91 Å². The summed E-state index contributed by atoms with van der Waals surface area (Å²) in [5.41, 5.74) is 0.624. The second-order valence-corrected chi connectivity index (χ2v) is 5.58. The first-order chi connectivity index (χ1) is 10.3. The lowest BCUT2D eigenvalue weighted by molar-refractivity contribution is 0.0952. The highest BCUT2D eigenvalue weighted by molar-refractivity contribution is 5.94. The van der Waals surface area contributed by atoms with Crippen LogP contribution in [0.15, 0.2) is 18.2 Å². The maximum atomic E-state index is 12.0. The monoisotopic (exact) mass is 290 g/mol. The Morgan fingerprint density at radius 1 is 1.14 bits per heavy atom. The molecule has 114 valence electrons. The minimum atomic E-state index is -0.0468. The van der Waals surface area contributed by atoms with Crippen LogP contribution in [0.25, 0.3) is 0 Å². The summed E-state index contributed by atoms with van der Waals surface area (Å²) in [5.74, 6) is 1.31. The second-order valence-electron chi connectivity index (χ2n) is 5.58. The van der Waals surface area contributed by atoms with E-state index in [4.69, 9.17) is 9.47 Å². The molecule has 2 aliphatic heterocycles. The molecule has 0 radical (unpaired) electrons. The third-order valence-electron chi connectivity index (χ3n) is 4.02. The van der Waals surface area contributed by atoms with Crippen LogP contribution in [0.3, 0.4) is 0 Å². The van der Waals surface area contributed by atoms with E-state index in [1.165, 1.54) is 25.9 Å². The smallest absolute Gasteiger partial charge is 0.251 e. The highest BCUT2D eigenvalue weighted by Gasteiger charge is 2.16. The van der Waals surface area contributed by atoms with Gasteiger partial charge in [-0.3, -0.25) is 4.79 Å². The highest BCUT2D eigenvalue weighted by Crippen LogP contribution is 2.32. The van der Waals surface area contributed by atoms with Crippen molar-refractivity contribution in [2.75, 3.05) is 33.0 Å².